The molecule has 0 saturated carbocycles. The van der Waals surface area contributed by atoms with Gasteiger partial charge in [-0.1, -0.05) is 133 Å². The molecule has 0 saturated heterocycles. The lowest BCUT2D eigenvalue weighted by Crippen LogP contribution is -2.19. The molecular weight excluding hydrogens is 797 g/mol. The molecule has 2 aromatic heterocycles. The van der Waals surface area contributed by atoms with Crippen LogP contribution in [0.2, 0.25) is 0 Å². The van der Waals surface area contributed by atoms with Crippen molar-refractivity contribution in [1.82, 2.24) is 9.97 Å². The first-order chi connectivity index (χ1) is 32.8. The van der Waals surface area contributed by atoms with Crippen LogP contribution in [-0.2, 0) is 12.8 Å². The highest BCUT2D eigenvalue weighted by Gasteiger charge is 2.31. The number of pyridine rings is 2. The second-order valence-corrected chi connectivity index (χ2v) is 18.5. The van der Waals surface area contributed by atoms with Gasteiger partial charge in [0.2, 0.25) is 0 Å². The Morgan fingerprint density at radius 1 is 0.333 bits per heavy atom. The van der Waals surface area contributed by atoms with Gasteiger partial charge in [-0.05, 0) is 205 Å². The van der Waals surface area contributed by atoms with Gasteiger partial charge in [-0.3, -0.25) is 9.97 Å². The standard InChI is InChI=1S/C64H40N2/c1-3-21-44-42(19-1)43-20-2-4-22-45(43)64-60(41-18-10-16-39(34-41)57-26-6-8-32-66-57)55-36-53-51-30-28-49-47-24-12-14-37-13-11-23-46(58(37)47)48-27-29-50(62(51)61(48)49)52(53)35-54(55)59(63(44)64)40-17-9-15-38(33-40)56-25-5-7-31-65-56/h1-11,13-23,25-27,29,31-36H,12,24,28,30H2. The maximum atomic E-state index is 4.84. The van der Waals surface area contributed by atoms with Gasteiger partial charge in [-0.2, -0.15) is 0 Å². The summed E-state index contributed by atoms with van der Waals surface area (Å²) < 4.78 is 0. The van der Waals surface area contributed by atoms with Gasteiger partial charge < -0.3 is 0 Å². The number of hydrogen-bond acceptors (Lipinski definition) is 2. The highest BCUT2D eigenvalue weighted by atomic mass is 14.7. The van der Waals surface area contributed by atoms with Gasteiger partial charge in [0, 0.05) is 23.5 Å². The van der Waals surface area contributed by atoms with E-state index < -0.39 is 0 Å². The first-order valence-electron chi connectivity index (χ1n) is 23.4. The Balaban J connectivity index is 1.15. The van der Waals surface area contributed by atoms with Crippen LogP contribution in [0, 0.1) is 0 Å². The molecule has 306 valence electrons. The van der Waals surface area contributed by atoms with Crippen LogP contribution in [-0.4, -0.2) is 9.97 Å². The van der Waals surface area contributed by atoms with E-state index in [9.17, 15) is 0 Å². The third-order valence-electron chi connectivity index (χ3n) is 15.2. The van der Waals surface area contributed by atoms with Crippen LogP contribution in [0.3, 0.4) is 0 Å². The molecule has 0 bridgehead atoms. The van der Waals surface area contributed by atoms with Gasteiger partial charge in [0.15, 0.2) is 0 Å². The Bertz CT molecular complexity index is 4260. The fraction of sp³-hybridized carbons (Fsp3) is 0.0625. The molecule has 0 fully saturated rings. The maximum absolute atomic E-state index is 4.84. The van der Waals surface area contributed by atoms with E-state index in [4.69, 9.17) is 9.97 Å². The van der Waals surface area contributed by atoms with Gasteiger partial charge in [0.05, 0.1) is 11.4 Å². The van der Waals surface area contributed by atoms with E-state index in [1.165, 1.54) is 120 Å². The first kappa shape index (κ1) is 36.2. The molecule has 15 rings (SSSR count). The van der Waals surface area contributed by atoms with Crippen LogP contribution in [0.25, 0.3) is 132 Å². The average Bonchev–Trinajstić information content (AvgIpc) is 3.71. The van der Waals surface area contributed by atoms with Crippen molar-refractivity contribution >= 4 is 76.3 Å². The highest BCUT2D eigenvalue weighted by molar-refractivity contribution is 6.37. The molecule has 0 radical (unpaired) electrons. The van der Waals surface area contributed by atoms with E-state index >= 15 is 0 Å². The van der Waals surface area contributed by atoms with Gasteiger partial charge in [0.25, 0.3) is 0 Å². The fourth-order valence-electron chi connectivity index (χ4n) is 12.6. The van der Waals surface area contributed by atoms with Gasteiger partial charge >= 0.3 is 0 Å². The summed E-state index contributed by atoms with van der Waals surface area (Å²) in [6, 6.07) is 65.8. The largest absolute Gasteiger partial charge is 0.256 e. The minimum Gasteiger partial charge on any atom is -0.256 e. The zero-order valence-electron chi connectivity index (χ0n) is 36.2. The van der Waals surface area contributed by atoms with Crippen LogP contribution < -0.4 is 10.4 Å². The van der Waals surface area contributed by atoms with Gasteiger partial charge in [0.1, 0.15) is 0 Å². The van der Waals surface area contributed by atoms with Crippen LogP contribution in [0.4, 0.5) is 0 Å². The molecule has 0 N–H and O–H groups in total. The van der Waals surface area contributed by atoms with Crippen LogP contribution >= 0.6 is 0 Å². The van der Waals surface area contributed by atoms with Gasteiger partial charge in [-0.15, -0.1) is 0 Å². The number of aromatic nitrogens is 2. The number of fused-ring (bicyclic) bond motifs is 12. The van der Waals surface area contributed by atoms with Crippen LogP contribution in [0.15, 0.2) is 188 Å². The summed E-state index contributed by atoms with van der Waals surface area (Å²) in [7, 11) is 0. The Hall–Kier alpha value is -8.20. The molecule has 2 heteroatoms. The zero-order chi connectivity index (χ0) is 43.0. The molecule has 0 amide bonds. The normalized spacial score (nSPS) is 13.6. The summed E-state index contributed by atoms with van der Waals surface area (Å²) in [4.78, 5) is 9.67. The third kappa shape index (κ3) is 4.96. The van der Waals surface area contributed by atoms with Crippen molar-refractivity contribution in [2.75, 3.05) is 0 Å². The molecule has 0 spiro atoms. The second-order valence-electron chi connectivity index (χ2n) is 18.5. The average molecular weight is 837 g/mol. The van der Waals surface area contributed by atoms with Crippen molar-refractivity contribution in [2.24, 2.45) is 0 Å². The van der Waals surface area contributed by atoms with Crippen molar-refractivity contribution in [3.8, 4) is 55.9 Å². The molecule has 2 heterocycles. The molecule has 66 heavy (non-hydrogen) atoms. The molecule has 10 aromatic carbocycles. The van der Waals surface area contributed by atoms with Crippen LogP contribution in [0.1, 0.15) is 29.5 Å². The Morgan fingerprint density at radius 3 is 1.50 bits per heavy atom. The van der Waals surface area contributed by atoms with E-state index in [0.29, 0.717) is 0 Å². The van der Waals surface area contributed by atoms with Crippen molar-refractivity contribution in [3.05, 3.63) is 215 Å². The lowest BCUT2D eigenvalue weighted by molar-refractivity contribution is 0.949. The summed E-state index contributed by atoms with van der Waals surface area (Å²) in [6.07, 6.45) is 10.6. The van der Waals surface area contributed by atoms with Crippen molar-refractivity contribution in [1.29, 1.82) is 0 Å². The first-order valence-corrected chi connectivity index (χ1v) is 23.4. The SMILES string of the molecule is C1=c2cccc3c2c(c2c4c5c(ccc43)-c3cc4c(-c6cccc(-c7ccccn7)c6)c6c7ccccc7c7ccccc7c6c(-c6cccc(-c7ccccn7)c6)c4cc3C=5CC2)CC1. The van der Waals surface area contributed by atoms with E-state index in [2.05, 4.69) is 170 Å². The molecule has 2 nitrogen and oxygen atoms in total. The van der Waals surface area contributed by atoms with Gasteiger partial charge in [-0.25, -0.2) is 0 Å². The molecule has 0 aliphatic heterocycles. The second kappa shape index (κ2) is 13.7. The predicted molar refractivity (Wildman–Crippen MR) is 277 cm³/mol. The zero-order valence-corrected chi connectivity index (χ0v) is 36.2. The van der Waals surface area contributed by atoms with E-state index in [0.717, 1.165) is 48.2 Å². The van der Waals surface area contributed by atoms with E-state index in [1.807, 2.05) is 24.5 Å². The molecule has 0 atom stereocenters. The summed E-state index contributed by atoms with van der Waals surface area (Å²) in [5, 5.41) is 18.8. The summed E-state index contributed by atoms with van der Waals surface area (Å²) >= 11 is 0. The monoisotopic (exact) mass is 836 g/mol. The van der Waals surface area contributed by atoms with Crippen LogP contribution in [0.5, 0.6) is 0 Å². The number of hydrogen-bond donors (Lipinski definition) is 0. The lowest BCUT2D eigenvalue weighted by atomic mass is 9.79. The van der Waals surface area contributed by atoms with E-state index in [1.54, 1.807) is 11.1 Å². The maximum Gasteiger partial charge on any atom is 0.0702 e. The third-order valence-corrected chi connectivity index (χ3v) is 15.2. The molecular formula is C64H40N2. The fourth-order valence-corrected chi connectivity index (χ4v) is 12.6. The number of nitrogens with zero attached hydrogens (tertiary/aromatic N) is 2. The Morgan fingerprint density at radius 2 is 0.864 bits per heavy atom. The Kier molecular flexibility index (Phi) is 7.48. The van der Waals surface area contributed by atoms with Crippen molar-refractivity contribution in [2.45, 2.75) is 25.7 Å². The molecule has 12 aromatic rings. The minimum atomic E-state index is 0.970. The number of benzene rings is 10. The van der Waals surface area contributed by atoms with Crippen molar-refractivity contribution < 1.29 is 0 Å². The highest BCUT2D eigenvalue weighted by Crippen LogP contribution is 2.53. The summed E-state index contributed by atoms with van der Waals surface area (Å²) in [5.74, 6) is 0. The summed E-state index contributed by atoms with van der Waals surface area (Å²) in [6.45, 7) is 0. The van der Waals surface area contributed by atoms with E-state index in [-0.39, 0.29) is 0 Å². The minimum absolute atomic E-state index is 0.970. The summed E-state index contributed by atoms with van der Waals surface area (Å²) in [5.41, 5.74) is 17.8. The number of aryl methyl sites for hydroxylation is 2. The quantitative estimate of drug-likeness (QED) is 0.130. The predicted octanol–water partition coefficient (Wildman–Crippen LogP) is 14.9. The Labute approximate surface area is 381 Å². The molecule has 3 aliphatic carbocycles. The topological polar surface area (TPSA) is 25.8 Å². The number of rotatable bonds is 4. The smallest absolute Gasteiger partial charge is 0.0702 e. The van der Waals surface area contributed by atoms with Crippen molar-refractivity contribution in [3.63, 3.8) is 0 Å². The molecule has 3 aliphatic rings. The molecule has 0 unspecified atom stereocenters. The lowest BCUT2D eigenvalue weighted by Gasteiger charge is -2.24.